The average molecular weight is 320 g/mol. The highest BCUT2D eigenvalue weighted by atomic mass is 32.2. The number of nitrogens with zero attached hydrogens (tertiary/aromatic N) is 1. The van der Waals surface area contributed by atoms with Gasteiger partial charge in [-0.2, -0.15) is 0 Å². The molecule has 0 amide bonds. The molecule has 0 unspecified atom stereocenters. The molecular formula is C15H16N2O4S. The van der Waals surface area contributed by atoms with Crippen molar-refractivity contribution in [1.82, 2.24) is 4.72 Å². The monoisotopic (exact) mass is 320 g/mol. The van der Waals surface area contributed by atoms with Crippen molar-refractivity contribution < 1.29 is 13.3 Å². The van der Waals surface area contributed by atoms with E-state index in [0.717, 1.165) is 22.8 Å². The predicted octanol–water partition coefficient (Wildman–Crippen LogP) is 2.69. The molecule has 0 spiro atoms. The number of nitro groups is 1. The molecule has 2 aromatic carbocycles. The highest BCUT2D eigenvalue weighted by Crippen LogP contribution is 2.17. The number of rotatable bonds is 5. The number of aryl methyl sites for hydroxylation is 2. The molecule has 0 aliphatic rings. The van der Waals surface area contributed by atoms with Gasteiger partial charge in [0.25, 0.3) is 5.69 Å². The topological polar surface area (TPSA) is 89.3 Å². The van der Waals surface area contributed by atoms with E-state index in [1.807, 2.05) is 32.0 Å². The zero-order valence-electron chi connectivity index (χ0n) is 12.2. The van der Waals surface area contributed by atoms with Crippen LogP contribution in [0.5, 0.6) is 0 Å². The molecule has 2 aromatic rings. The van der Waals surface area contributed by atoms with Crippen LogP contribution in [0.3, 0.4) is 0 Å². The zero-order valence-corrected chi connectivity index (χ0v) is 13.1. The number of nitro benzene ring substituents is 1. The summed E-state index contributed by atoms with van der Waals surface area (Å²) in [6, 6.07) is 10.7. The lowest BCUT2D eigenvalue weighted by Crippen LogP contribution is -2.23. The third-order valence-corrected chi connectivity index (χ3v) is 4.78. The first kappa shape index (κ1) is 16.1. The first-order chi connectivity index (χ1) is 10.3. The molecular weight excluding hydrogens is 304 g/mol. The Labute approximate surface area is 129 Å². The van der Waals surface area contributed by atoms with Crippen LogP contribution < -0.4 is 4.72 Å². The Morgan fingerprint density at radius 1 is 1.09 bits per heavy atom. The van der Waals surface area contributed by atoms with Crippen LogP contribution >= 0.6 is 0 Å². The maximum absolute atomic E-state index is 12.2. The fraction of sp³-hybridized carbons (Fsp3) is 0.200. The van der Waals surface area contributed by atoms with E-state index in [-0.39, 0.29) is 17.1 Å². The van der Waals surface area contributed by atoms with Crippen LogP contribution in [0.1, 0.15) is 16.7 Å². The maximum Gasteiger partial charge on any atom is 0.270 e. The Kier molecular flexibility index (Phi) is 4.58. The average Bonchev–Trinajstić information content (AvgIpc) is 2.48. The van der Waals surface area contributed by atoms with Crippen LogP contribution in [0, 0.1) is 24.0 Å². The first-order valence-corrected chi connectivity index (χ1v) is 8.08. The van der Waals surface area contributed by atoms with Crippen LogP contribution in [-0.2, 0) is 16.6 Å². The quantitative estimate of drug-likeness (QED) is 0.677. The summed E-state index contributed by atoms with van der Waals surface area (Å²) in [4.78, 5) is 9.98. The molecule has 6 nitrogen and oxygen atoms in total. The molecule has 0 heterocycles. The lowest BCUT2D eigenvalue weighted by Gasteiger charge is -2.08. The van der Waals surface area contributed by atoms with Gasteiger partial charge in [-0.25, -0.2) is 13.1 Å². The molecule has 1 N–H and O–H groups in total. The minimum Gasteiger partial charge on any atom is -0.258 e. The van der Waals surface area contributed by atoms with E-state index in [1.165, 1.54) is 18.2 Å². The molecule has 0 atom stereocenters. The Morgan fingerprint density at radius 2 is 1.82 bits per heavy atom. The third kappa shape index (κ3) is 3.69. The first-order valence-electron chi connectivity index (χ1n) is 6.60. The number of non-ortho nitro benzene ring substituents is 1. The molecule has 116 valence electrons. The Morgan fingerprint density at radius 3 is 2.45 bits per heavy atom. The van der Waals surface area contributed by atoms with Crippen LogP contribution in [0.4, 0.5) is 5.69 Å². The summed E-state index contributed by atoms with van der Waals surface area (Å²) >= 11 is 0. The van der Waals surface area contributed by atoms with Crippen LogP contribution in [0.25, 0.3) is 0 Å². The minimum absolute atomic E-state index is 0.120. The van der Waals surface area contributed by atoms with Crippen LogP contribution in [0.2, 0.25) is 0 Å². The molecule has 0 aromatic heterocycles. The van der Waals surface area contributed by atoms with Crippen molar-refractivity contribution in [2.24, 2.45) is 0 Å². The SMILES string of the molecule is Cc1ccc(CNS(=O)(=O)c2cccc([N+](=O)[O-])c2)cc1C. The molecule has 0 radical (unpaired) electrons. The highest BCUT2D eigenvalue weighted by Gasteiger charge is 2.17. The lowest BCUT2D eigenvalue weighted by atomic mass is 10.1. The van der Waals surface area contributed by atoms with Gasteiger partial charge in [0.15, 0.2) is 0 Å². The van der Waals surface area contributed by atoms with E-state index in [0.29, 0.717) is 0 Å². The second-order valence-electron chi connectivity index (χ2n) is 5.00. The predicted molar refractivity (Wildman–Crippen MR) is 83.0 cm³/mol. The smallest absolute Gasteiger partial charge is 0.258 e. The van der Waals surface area contributed by atoms with Crippen LogP contribution in [0.15, 0.2) is 47.4 Å². The third-order valence-electron chi connectivity index (χ3n) is 3.38. The van der Waals surface area contributed by atoms with Crippen molar-refractivity contribution >= 4 is 15.7 Å². The minimum atomic E-state index is -3.79. The molecule has 0 saturated heterocycles. The normalized spacial score (nSPS) is 11.4. The summed E-state index contributed by atoms with van der Waals surface area (Å²) in [6.07, 6.45) is 0. The van der Waals surface area contributed by atoms with Gasteiger partial charge in [-0.05, 0) is 36.6 Å². The zero-order chi connectivity index (χ0) is 16.3. The van der Waals surface area contributed by atoms with E-state index in [1.54, 1.807) is 0 Å². The molecule has 22 heavy (non-hydrogen) atoms. The Balaban J connectivity index is 2.19. The van der Waals surface area contributed by atoms with E-state index >= 15 is 0 Å². The van der Waals surface area contributed by atoms with Gasteiger partial charge in [-0.15, -0.1) is 0 Å². The molecule has 0 bridgehead atoms. The van der Waals surface area contributed by atoms with Gasteiger partial charge < -0.3 is 0 Å². The standard InChI is InChI=1S/C15H16N2O4S/c1-11-6-7-13(8-12(11)2)10-16-22(20,21)15-5-3-4-14(9-15)17(18)19/h3-9,16H,10H2,1-2H3. The van der Waals surface area contributed by atoms with Crippen molar-refractivity contribution in [3.05, 3.63) is 69.3 Å². The van der Waals surface area contributed by atoms with Gasteiger partial charge in [0.05, 0.1) is 9.82 Å². The number of benzene rings is 2. The summed E-state index contributed by atoms with van der Waals surface area (Å²) in [5.41, 5.74) is 2.78. The second-order valence-corrected chi connectivity index (χ2v) is 6.76. The molecule has 0 aliphatic carbocycles. The van der Waals surface area contributed by atoms with Gasteiger partial charge in [0.2, 0.25) is 10.0 Å². The summed E-state index contributed by atoms with van der Waals surface area (Å²) in [5.74, 6) is 0. The Hall–Kier alpha value is -2.25. The molecule has 7 heteroatoms. The largest absolute Gasteiger partial charge is 0.270 e. The maximum atomic E-state index is 12.2. The second kappa shape index (κ2) is 6.25. The van der Waals surface area contributed by atoms with Crippen molar-refractivity contribution in [3.63, 3.8) is 0 Å². The van der Waals surface area contributed by atoms with Crippen molar-refractivity contribution in [1.29, 1.82) is 0 Å². The van der Waals surface area contributed by atoms with Crippen molar-refractivity contribution in [2.75, 3.05) is 0 Å². The van der Waals surface area contributed by atoms with Gasteiger partial charge in [0.1, 0.15) is 0 Å². The van der Waals surface area contributed by atoms with Crippen LogP contribution in [-0.4, -0.2) is 13.3 Å². The number of hydrogen-bond donors (Lipinski definition) is 1. The summed E-state index contributed by atoms with van der Waals surface area (Å²) in [6.45, 7) is 4.06. The summed E-state index contributed by atoms with van der Waals surface area (Å²) in [7, 11) is -3.79. The van der Waals surface area contributed by atoms with Crippen molar-refractivity contribution in [2.45, 2.75) is 25.3 Å². The summed E-state index contributed by atoms with van der Waals surface area (Å²) in [5, 5.41) is 10.7. The van der Waals surface area contributed by atoms with Crippen molar-refractivity contribution in [3.8, 4) is 0 Å². The van der Waals surface area contributed by atoms with Gasteiger partial charge in [0, 0.05) is 18.7 Å². The van der Waals surface area contributed by atoms with E-state index < -0.39 is 14.9 Å². The number of hydrogen-bond acceptors (Lipinski definition) is 4. The molecule has 2 rings (SSSR count). The lowest BCUT2D eigenvalue weighted by molar-refractivity contribution is -0.385. The Bertz CT molecular complexity index is 816. The molecule has 0 aliphatic heterocycles. The molecule has 0 saturated carbocycles. The number of sulfonamides is 1. The van der Waals surface area contributed by atoms with Gasteiger partial charge in [-0.1, -0.05) is 24.3 Å². The van der Waals surface area contributed by atoms with E-state index in [9.17, 15) is 18.5 Å². The van der Waals surface area contributed by atoms with E-state index in [4.69, 9.17) is 0 Å². The number of nitrogens with one attached hydrogen (secondary N) is 1. The molecule has 0 fully saturated rings. The fourth-order valence-corrected chi connectivity index (χ4v) is 3.00. The van der Waals surface area contributed by atoms with Gasteiger partial charge >= 0.3 is 0 Å². The summed E-state index contributed by atoms with van der Waals surface area (Å²) < 4.78 is 26.9. The van der Waals surface area contributed by atoms with E-state index in [2.05, 4.69) is 4.72 Å². The van der Waals surface area contributed by atoms with Gasteiger partial charge in [-0.3, -0.25) is 10.1 Å². The fourth-order valence-electron chi connectivity index (χ4n) is 1.94. The highest BCUT2D eigenvalue weighted by molar-refractivity contribution is 7.89.